The van der Waals surface area contributed by atoms with Gasteiger partial charge in [-0.25, -0.2) is 0 Å². The van der Waals surface area contributed by atoms with Crippen LogP contribution in [0.15, 0.2) is 73.2 Å². The van der Waals surface area contributed by atoms with Gasteiger partial charge in [0.25, 0.3) is 5.91 Å². The highest BCUT2D eigenvalue weighted by atomic mass is 16.5. The first-order valence-electron chi connectivity index (χ1n) is 11.4. The van der Waals surface area contributed by atoms with Crippen LogP contribution in [0.25, 0.3) is 0 Å². The molecule has 2 saturated heterocycles. The third-order valence-corrected chi connectivity index (χ3v) is 6.68. The van der Waals surface area contributed by atoms with Crippen molar-refractivity contribution < 1.29 is 14.3 Å². The first-order valence-corrected chi connectivity index (χ1v) is 11.4. The van der Waals surface area contributed by atoms with E-state index in [1.165, 1.54) is 0 Å². The number of H-pyrrole nitrogens is 1. The lowest BCUT2D eigenvalue weighted by Gasteiger charge is -2.42. The number of aromatic nitrogens is 2. The molecule has 2 atom stereocenters. The van der Waals surface area contributed by atoms with Gasteiger partial charge < -0.3 is 19.5 Å². The monoisotopic (exact) mass is 444 g/mol. The lowest BCUT2D eigenvalue weighted by Crippen LogP contribution is -2.59. The van der Waals surface area contributed by atoms with Crippen molar-refractivity contribution in [3.63, 3.8) is 0 Å². The molecule has 2 fully saturated rings. The second kappa shape index (κ2) is 9.19. The molecule has 2 aliphatic heterocycles. The molecule has 5 rings (SSSR count). The van der Waals surface area contributed by atoms with E-state index in [-0.39, 0.29) is 24.3 Å². The largest absolute Gasteiger partial charge is 0.365 e. The molecule has 0 saturated carbocycles. The van der Waals surface area contributed by atoms with Crippen LogP contribution in [0.1, 0.15) is 29.2 Å². The maximum atomic E-state index is 13.8. The zero-order chi connectivity index (χ0) is 22.7. The van der Waals surface area contributed by atoms with Crippen molar-refractivity contribution in [1.29, 1.82) is 0 Å². The topological polar surface area (TPSA) is 78.5 Å². The Balaban J connectivity index is 1.39. The number of carbonyl (C=O) groups excluding carboxylic acids is 2. The van der Waals surface area contributed by atoms with E-state index >= 15 is 0 Å². The molecule has 7 nitrogen and oxygen atoms in total. The lowest BCUT2D eigenvalue weighted by molar-refractivity contribution is -0.168. The number of benzene rings is 1. The molecule has 0 bridgehead atoms. The zero-order valence-electron chi connectivity index (χ0n) is 18.5. The Morgan fingerprint density at radius 1 is 1.15 bits per heavy atom. The number of likely N-dealkylation sites (tertiary alicyclic amines) is 1. The van der Waals surface area contributed by atoms with Crippen molar-refractivity contribution in [3.8, 4) is 0 Å². The van der Waals surface area contributed by atoms with Gasteiger partial charge in [-0.3, -0.25) is 14.6 Å². The van der Waals surface area contributed by atoms with Crippen molar-refractivity contribution in [2.75, 3.05) is 26.2 Å². The number of carbonyl (C=O) groups is 2. The molecule has 1 aromatic carbocycles. The van der Waals surface area contributed by atoms with E-state index in [0.717, 1.165) is 16.8 Å². The Morgan fingerprint density at radius 3 is 2.79 bits per heavy atom. The first-order chi connectivity index (χ1) is 16.2. The van der Waals surface area contributed by atoms with Gasteiger partial charge in [-0.2, -0.15) is 0 Å². The van der Waals surface area contributed by atoms with Crippen molar-refractivity contribution in [2.24, 2.45) is 0 Å². The maximum Gasteiger partial charge on any atom is 0.257 e. The summed E-state index contributed by atoms with van der Waals surface area (Å²) in [5.74, 6) is -0.151. The fraction of sp³-hybridized carbons (Fsp3) is 0.346. The highest BCUT2D eigenvalue weighted by Crippen LogP contribution is 2.42. The standard InChI is InChI=1S/C26H28N4O3/c31-24(11-10-22-9-5-13-28-22)29-14-15-33-26(19-29)23(21-7-2-1-3-8-21)18-30(25(26)32)17-20-6-4-12-27-16-20/h1-9,12-13,16,23,28H,10-11,14-15,17-19H2. The first kappa shape index (κ1) is 21.4. The Morgan fingerprint density at radius 2 is 2.03 bits per heavy atom. The Hall–Kier alpha value is -3.45. The summed E-state index contributed by atoms with van der Waals surface area (Å²) in [6.45, 7) is 2.15. The fourth-order valence-electron chi connectivity index (χ4n) is 5.00. The molecule has 3 aromatic rings. The normalized spacial score (nSPS) is 22.8. The van der Waals surface area contributed by atoms with Crippen LogP contribution < -0.4 is 0 Å². The fourth-order valence-corrected chi connectivity index (χ4v) is 5.00. The Kier molecular flexibility index (Phi) is 5.96. The summed E-state index contributed by atoms with van der Waals surface area (Å²) in [5, 5.41) is 0. The summed E-state index contributed by atoms with van der Waals surface area (Å²) >= 11 is 0. The minimum atomic E-state index is -1.07. The number of rotatable bonds is 6. The number of hydrogen-bond acceptors (Lipinski definition) is 4. The molecular formula is C26H28N4O3. The molecule has 1 N–H and O–H groups in total. The third-order valence-electron chi connectivity index (χ3n) is 6.68. The van der Waals surface area contributed by atoms with E-state index in [1.807, 2.05) is 70.6 Å². The van der Waals surface area contributed by atoms with Crippen molar-refractivity contribution in [3.05, 3.63) is 90.0 Å². The van der Waals surface area contributed by atoms with E-state index in [0.29, 0.717) is 39.1 Å². The van der Waals surface area contributed by atoms with Crippen LogP contribution in [-0.4, -0.2) is 63.4 Å². The number of nitrogens with one attached hydrogen (secondary N) is 1. The van der Waals surface area contributed by atoms with Crippen LogP contribution in [0.3, 0.4) is 0 Å². The molecule has 2 aromatic heterocycles. The molecule has 2 unspecified atom stereocenters. The summed E-state index contributed by atoms with van der Waals surface area (Å²) in [7, 11) is 0. The van der Waals surface area contributed by atoms with Crippen LogP contribution in [0.2, 0.25) is 0 Å². The summed E-state index contributed by atoms with van der Waals surface area (Å²) in [5.41, 5.74) is 2.00. The van der Waals surface area contributed by atoms with E-state index in [9.17, 15) is 9.59 Å². The van der Waals surface area contributed by atoms with Crippen LogP contribution >= 0.6 is 0 Å². The van der Waals surface area contributed by atoms with Crippen LogP contribution in [-0.2, 0) is 27.3 Å². The second-order valence-electron chi connectivity index (χ2n) is 8.76. The molecular weight excluding hydrogens is 416 g/mol. The predicted octanol–water partition coefficient (Wildman–Crippen LogP) is 2.77. The maximum absolute atomic E-state index is 13.8. The molecule has 1 spiro atoms. The molecule has 0 aliphatic carbocycles. The summed E-state index contributed by atoms with van der Waals surface area (Å²) in [4.78, 5) is 37.9. The summed E-state index contributed by atoms with van der Waals surface area (Å²) in [6, 6.07) is 17.8. The molecule has 7 heteroatoms. The van der Waals surface area contributed by atoms with Gasteiger partial charge in [0.1, 0.15) is 0 Å². The number of aromatic amines is 1. The van der Waals surface area contributed by atoms with E-state index in [4.69, 9.17) is 4.74 Å². The van der Waals surface area contributed by atoms with Gasteiger partial charge in [0, 0.05) is 56.3 Å². The number of ether oxygens (including phenoxy) is 1. The van der Waals surface area contributed by atoms with Gasteiger partial charge in [0.15, 0.2) is 5.60 Å². The number of morpholine rings is 1. The quantitative estimate of drug-likeness (QED) is 0.634. The van der Waals surface area contributed by atoms with Crippen LogP contribution in [0.5, 0.6) is 0 Å². The SMILES string of the molecule is O=C(CCc1ccc[nH]1)N1CCOC2(C1)C(=O)N(Cc1cccnc1)CC2c1ccccc1. The third kappa shape index (κ3) is 4.28. The average molecular weight is 445 g/mol. The molecule has 2 aliphatic rings. The minimum Gasteiger partial charge on any atom is -0.365 e. The van der Waals surface area contributed by atoms with Crippen LogP contribution in [0.4, 0.5) is 0 Å². The Bertz CT molecular complexity index is 1090. The number of amides is 2. The predicted molar refractivity (Wildman–Crippen MR) is 123 cm³/mol. The zero-order valence-corrected chi connectivity index (χ0v) is 18.5. The lowest BCUT2D eigenvalue weighted by atomic mass is 9.83. The molecule has 170 valence electrons. The van der Waals surface area contributed by atoms with Crippen molar-refractivity contribution in [1.82, 2.24) is 19.8 Å². The Labute approximate surface area is 193 Å². The summed E-state index contributed by atoms with van der Waals surface area (Å²) in [6.07, 6.45) is 6.43. The second-order valence-corrected chi connectivity index (χ2v) is 8.76. The number of aryl methyl sites for hydroxylation is 1. The molecule has 33 heavy (non-hydrogen) atoms. The molecule has 4 heterocycles. The number of pyridine rings is 1. The smallest absolute Gasteiger partial charge is 0.257 e. The van der Waals surface area contributed by atoms with Crippen molar-refractivity contribution in [2.45, 2.75) is 30.9 Å². The van der Waals surface area contributed by atoms with E-state index < -0.39 is 5.60 Å². The number of nitrogens with zero attached hydrogens (tertiary/aromatic N) is 3. The van der Waals surface area contributed by atoms with Gasteiger partial charge >= 0.3 is 0 Å². The highest BCUT2D eigenvalue weighted by molar-refractivity contribution is 5.91. The van der Waals surface area contributed by atoms with E-state index in [1.54, 1.807) is 12.4 Å². The summed E-state index contributed by atoms with van der Waals surface area (Å²) < 4.78 is 6.30. The van der Waals surface area contributed by atoms with Gasteiger partial charge in [-0.15, -0.1) is 0 Å². The van der Waals surface area contributed by atoms with Crippen molar-refractivity contribution >= 4 is 11.8 Å². The highest BCUT2D eigenvalue weighted by Gasteiger charge is 2.58. The molecule has 0 radical (unpaired) electrons. The van der Waals surface area contributed by atoms with Gasteiger partial charge in [-0.1, -0.05) is 36.4 Å². The molecule has 2 amide bonds. The van der Waals surface area contributed by atoms with Crippen LogP contribution in [0, 0.1) is 0 Å². The van der Waals surface area contributed by atoms with E-state index in [2.05, 4.69) is 9.97 Å². The van der Waals surface area contributed by atoms with Gasteiger partial charge in [0.05, 0.1) is 13.2 Å². The minimum absolute atomic E-state index is 0.0533. The van der Waals surface area contributed by atoms with Gasteiger partial charge in [-0.05, 0) is 35.7 Å². The van der Waals surface area contributed by atoms with Gasteiger partial charge in [0.2, 0.25) is 5.91 Å². The average Bonchev–Trinajstić information content (AvgIpc) is 3.47. The number of hydrogen-bond donors (Lipinski definition) is 1.